The lowest BCUT2D eigenvalue weighted by atomic mass is 10.0. The first-order valence-electron chi connectivity index (χ1n) is 8.07. The maximum Gasteiger partial charge on any atom is 0.352 e. The minimum absolute atomic E-state index is 0.0622. The van der Waals surface area contributed by atoms with Gasteiger partial charge in [0.05, 0.1) is 6.04 Å². The highest BCUT2D eigenvalue weighted by molar-refractivity contribution is 8.00. The second-order valence-corrected chi connectivity index (χ2v) is 7.18. The molecule has 1 saturated heterocycles. The average Bonchev–Trinajstić information content (AvgIpc) is 2.65. The zero-order chi connectivity index (χ0) is 18.8. The Kier molecular flexibility index (Phi) is 5.15. The maximum atomic E-state index is 12.4. The van der Waals surface area contributed by atoms with E-state index in [0.717, 1.165) is 5.56 Å². The number of benzene rings is 1. The van der Waals surface area contributed by atoms with Crippen LogP contribution in [0.5, 0.6) is 0 Å². The number of carbonyl (C=O) groups is 3. The Labute approximate surface area is 154 Å². The molecule has 2 aliphatic rings. The van der Waals surface area contributed by atoms with Crippen molar-refractivity contribution in [3.63, 3.8) is 0 Å². The van der Waals surface area contributed by atoms with Gasteiger partial charge in [-0.25, -0.2) is 4.79 Å². The fourth-order valence-corrected chi connectivity index (χ4v) is 4.36. The number of nitrogens with one attached hydrogen (secondary N) is 1. The number of β-lactam (4-membered cyclic amide) rings is 1. The fourth-order valence-electron chi connectivity index (χ4n) is 3.02. The molecule has 1 fully saturated rings. The van der Waals surface area contributed by atoms with E-state index in [1.807, 2.05) is 30.3 Å². The SMILES string of the molecule is C=CC1=C(C(=O)O)N2C(=O)[C@@H](NC(=O)[C@@H](N)Cc3ccccc3)[C@H]2SC1. The van der Waals surface area contributed by atoms with Crippen molar-refractivity contribution in [2.75, 3.05) is 5.75 Å². The minimum Gasteiger partial charge on any atom is -0.477 e. The van der Waals surface area contributed by atoms with Crippen molar-refractivity contribution in [2.45, 2.75) is 23.9 Å². The molecule has 4 N–H and O–H groups in total. The number of nitrogens with two attached hydrogens (primary N) is 1. The van der Waals surface area contributed by atoms with E-state index in [1.165, 1.54) is 22.7 Å². The Morgan fingerprint density at radius 2 is 2.12 bits per heavy atom. The first-order chi connectivity index (χ1) is 12.4. The van der Waals surface area contributed by atoms with E-state index in [-0.39, 0.29) is 5.70 Å². The molecule has 26 heavy (non-hydrogen) atoms. The lowest BCUT2D eigenvalue weighted by molar-refractivity contribution is -0.150. The molecular weight excluding hydrogens is 354 g/mol. The van der Waals surface area contributed by atoms with Gasteiger partial charge >= 0.3 is 5.97 Å². The van der Waals surface area contributed by atoms with E-state index in [2.05, 4.69) is 11.9 Å². The van der Waals surface area contributed by atoms with Crippen molar-refractivity contribution in [2.24, 2.45) is 5.73 Å². The number of carbonyl (C=O) groups excluding carboxylic acids is 2. The Bertz CT molecular complexity index is 793. The summed E-state index contributed by atoms with van der Waals surface area (Å²) < 4.78 is 0. The number of rotatable bonds is 6. The molecule has 2 aliphatic heterocycles. The fraction of sp³-hybridized carbons (Fsp3) is 0.278. The number of hydrogen-bond donors (Lipinski definition) is 3. The van der Waals surface area contributed by atoms with Crippen LogP contribution in [-0.2, 0) is 20.8 Å². The number of thioether (sulfide) groups is 1. The molecular formula is C18H19N3O4S. The first kappa shape index (κ1) is 18.2. The normalized spacial score (nSPS) is 23.0. The highest BCUT2D eigenvalue weighted by atomic mass is 32.2. The van der Waals surface area contributed by atoms with Crippen LogP contribution in [0.3, 0.4) is 0 Å². The second kappa shape index (κ2) is 7.35. The van der Waals surface area contributed by atoms with Crippen molar-refractivity contribution in [3.05, 3.63) is 59.8 Å². The Morgan fingerprint density at radius 3 is 2.73 bits per heavy atom. The molecule has 0 aliphatic carbocycles. The summed E-state index contributed by atoms with van der Waals surface area (Å²) in [7, 11) is 0. The molecule has 0 unspecified atom stereocenters. The van der Waals surface area contributed by atoms with Crippen LogP contribution in [-0.4, -0.2) is 51.0 Å². The number of amides is 2. The molecule has 0 radical (unpaired) electrons. The number of carboxylic acid groups (broad SMARTS) is 1. The molecule has 3 rings (SSSR count). The van der Waals surface area contributed by atoms with Gasteiger partial charge in [0.1, 0.15) is 17.1 Å². The molecule has 0 bridgehead atoms. The van der Waals surface area contributed by atoms with Crippen LogP contribution >= 0.6 is 11.8 Å². The molecule has 2 heterocycles. The van der Waals surface area contributed by atoms with Crippen molar-refractivity contribution >= 4 is 29.5 Å². The van der Waals surface area contributed by atoms with E-state index >= 15 is 0 Å². The van der Waals surface area contributed by atoms with Gasteiger partial charge in [-0.3, -0.25) is 14.5 Å². The van der Waals surface area contributed by atoms with Gasteiger partial charge in [0.25, 0.3) is 5.91 Å². The predicted octanol–water partition coefficient (Wildman–Crippen LogP) is 0.481. The third-order valence-electron chi connectivity index (χ3n) is 4.38. The van der Waals surface area contributed by atoms with Gasteiger partial charge in [-0.15, -0.1) is 11.8 Å². The Balaban J connectivity index is 1.66. The quantitative estimate of drug-likeness (QED) is 0.625. The summed E-state index contributed by atoms with van der Waals surface area (Å²) in [6.07, 6.45) is 1.80. The highest BCUT2D eigenvalue weighted by Crippen LogP contribution is 2.40. The molecule has 0 aromatic heterocycles. The molecule has 3 atom stereocenters. The smallest absolute Gasteiger partial charge is 0.352 e. The number of allylic oxidation sites excluding steroid dienone is 1. The molecule has 2 amide bonds. The molecule has 1 aromatic carbocycles. The third-order valence-corrected chi connectivity index (χ3v) is 5.68. The van der Waals surface area contributed by atoms with Crippen molar-refractivity contribution in [1.82, 2.24) is 10.2 Å². The van der Waals surface area contributed by atoms with Gasteiger partial charge in [0.15, 0.2) is 0 Å². The summed E-state index contributed by atoms with van der Waals surface area (Å²) in [4.78, 5) is 37.5. The number of hydrogen-bond acceptors (Lipinski definition) is 5. The van der Waals surface area contributed by atoms with Crippen LogP contribution in [0.2, 0.25) is 0 Å². The van der Waals surface area contributed by atoms with E-state index in [1.54, 1.807) is 0 Å². The molecule has 0 spiro atoms. The van der Waals surface area contributed by atoms with Crippen LogP contribution in [0.15, 0.2) is 54.3 Å². The summed E-state index contributed by atoms with van der Waals surface area (Å²) in [5.41, 5.74) is 7.31. The first-order valence-corrected chi connectivity index (χ1v) is 9.12. The maximum absolute atomic E-state index is 12.4. The topological polar surface area (TPSA) is 113 Å². The monoisotopic (exact) mass is 373 g/mol. The highest BCUT2D eigenvalue weighted by Gasteiger charge is 2.54. The van der Waals surface area contributed by atoms with Crippen molar-refractivity contribution in [3.8, 4) is 0 Å². The lowest BCUT2D eigenvalue weighted by Crippen LogP contribution is -2.71. The van der Waals surface area contributed by atoms with Crippen LogP contribution in [0, 0.1) is 0 Å². The van der Waals surface area contributed by atoms with Crippen LogP contribution in [0.4, 0.5) is 0 Å². The minimum atomic E-state index is -1.18. The van der Waals surface area contributed by atoms with Crippen LogP contribution < -0.4 is 11.1 Å². The summed E-state index contributed by atoms with van der Waals surface area (Å²) in [5.74, 6) is -1.63. The number of nitrogens with zero attached hydrogens (tertiary/aromatic N) is 1. The largest absolute Gasteiger partial charge is 0.477 e. The van der Waals surface area contributed by atoms with E-state index < -0.39 is 35.2 Å². The van der Waals surface area contributed by atoms with Gasteiger partial charge in [-0.1, -0.05) is 43.0 Å². The average molecular weight is 373 g/mol. The second-order valence-electron chi connectivity index (χ2n) is 6.08. The lowest BCUT2D eigenvalue weighted by Gasteiger charge is -2.49. The summed E-state index contributed by atoms with van der Waals surface area (Å²) in [6, 6.07) is 7.80. The van der Waals surface area contributed by atoms with E-state index in [4.69, 9.17) is 5.73 Å². The summed E-state index contributed by atoms with van der Waals surface area (Å²) in [6.45, 7) is 3.60. The number of carboxylic acids is 1. The molecule has 8 heteroatoms. The summed E-state index contributed by atoms with van der Waals surface area (Å²) in [5, 5.41) is 11.6. The Morgan fingerprint density at radius 1 is 1.42 bits per heavy atom. The van der Waals surface area contributed by atoms with Crippen LogP contribution in [0.1, 0.15) is 5.56 Å². The van der Waals surface area contributed by atoms with Gasteiger partial charge < -0.3 is 16.2 Å². The van der Waals surface area contributed by atoms with Crippen molar-refractivity contribution in [1.29, 1.82) is 0 Å². The van der Waals surface area contributed by atoms with E-state index in [9.17, 15) is 19.5 Å². The zero-order valence-corrected chi connectivity index (χ0v) is 14.7. The predicted molar refractivity (Wildman–Crippen MR) is 98.0 cm³/mol. The van der Waals surface area contributed by atoms with Crippen LogP contribution in [0.25, 0.3) is 0 Å². The standard InChI is InChI=1S/C18H19N3O4S/c1-2-11-9-26-17-13(16(23)21(17)14(11)18(24)25)20-15(22)12(19)8-10-6-4-3-5-7-10/h2-7,12-13,17H,1,8-9,19H2,(H,20,22)(H,24,25)/t12-,13+,17+/m0/s1. The van der Waals surface area contributed by atoms with Crippen molar-refractivity contribution < 1.29 is 19.5 Å². The number of fused-ring (bicyclic) bond motifs is 1. The van der Waals surface area contributed by atoms with Gasteiger partial charge in [-0.2, -0.15) is 0 Å². The Hall–Kier alpha value is -2.58. The zero-order valence-electron chi connectivity index (χ0n) is 13.9. The van der Waals surface area contributed by atoms with Gasteiger partial charge in [0.2, 0.25) is 5.91 Å². The molecule has 0 saturated carbocycles. The summed E-state index contributed by atoms with van der Waals surface area (Å²) >= 11 is 1.39. The molecule has 1 aromatic rings. The third kappa shape index (κ3) is 3.25. The van der Waals surface area contributed by atoms with Gasteiger partial charge in [0, 0.05) is 5.75 Å². The molecule has 7 nitrogen and oxygen atoms in total. The van der Waals surface area contributed by atoms with E-state index in [0.29, 0.717) is 17.7 Å². The number of aliphatic carboxylic acids is 1. The van der Waals surface area contributed by atoms with Gasteiger partial charge in [-0.05, 0) is 17.6 Å². The molecule has 136 valence electrons.